The topological polar surface area (TPSA) is 108 Å². The number of carbonyl (C=O) groups is 3. The number of benzene rings is 2. The summed E-state index contributed by atoms with van der Waals surface area (Å²) in [5.74, 6) is -0.122. The summed E-state index contributed by atoms with van der Waals surface area (Å²) < 4.78 is 9.92. The fraction of sp³-hybridized carbons (Fsp3) is 0.280. The summed E-state index contributed by atoms with van der Waals surface area (Å²) in [7, 11) is 1.56. The molecule has 0 saturated heterocycles. The SMILES string of the molecule is CN(CCC1=NC=C[N+]1(C(=O)[O-])c1ccc(OC(=O)c2cccc(Cl)c2)cc1)C(=O)OC(C)(C)C. The fourth-order valence-corrected chi connectivity index (χ4v) is 3.56. The summed E-state index contributed by atoms with van der Waals surface area (Å²) in [5, 5.41) is 12.7. The number of amides is 2. The van der Waals surface area contributed by atoms with E-state index in [0.29, 0.717) is 10.7 Å². The van der Waals surface area contributed by atoms with Crippen molar-refractivity contribution in [1.82, 2.24) is 9.38 Å². The third-order valence-corrected chi connectivity index (χ3v) is 5.33. The number of amidine groups is 1. The van der Waals surface area contributed by atoms with E-state index in [9.17, 15) is 19.5 Å². The first-order valence-electron chi connectivity index (χ1n) is 10.8. The molecule has 0 N–H and O–H groups in total. The standard InChI is InChI=1S/C25H26ClN3O6/c1-25(2,3)35-23(31)28(4)14-12-21-27-13-15-29(21,24(32)33)19-8-10-20(11-9-19)34-22(30)17-6-5-7-18(26)16-17/h5-11,13,15-16H,12,14H2,1-4H3. The molecule has 2 amide bonds. The largest absolute Gasteiger partial charge is 0.497 e. The summed E-state index contributed by atoms with van der Waals surface area (Å²) >= 11 is 5.92. The van der Waals surface area contributed by atoms with Crippen molar-refractivity contribution in [2.75, 3.05) is 13.6 Å². The van der Waals surface area contributed by atoms with Crippen molar-refractivity contribution >= 4 is 41.3 Å². The van der Waals surface area contributed by atoms with Gasteiger partial charge in [-0.15, -0.1) is 0 Å². The summed E-state index contributed by atoms with van der Waals surface area (Å²) in [6, 6.07) is 12.3. The monoisotopic (exact) mass is 499 g/mol. The van der Waals surface area contributed by atoms with Crippen LogP contribution in [0.25, 0.3) is 0 Å². The van der Waals surface area contributed by atoms with Crippen LogP contribution in [-0.2, 0) is 4.74 Å². The van der Waals surface area contributed by atoms with Gasteiger partial charge in [0.15, 0.2) is 0 Å². The van der Waals surface area contributed by atoms with Gasteiger partial charge in [-0.25, -0.2) is 14.6 Å². The Morgan fingerprint density at radius 3 is 2.40 bits per heavy atom. The minimum absolute atomic E-state index is 0.155. The van der Waals surface area contributed by atoms with Crippen molar-refractivity contribution < 1.29 is 29.0 Å². The highest BCUT2D eigenvalue weighted by Crippen LogP contribution is 2.31. The zero-order chi connectivity index (χ0) is 25.8. The summed E-state index contributed by atoms with van der Waals surface area (Å²) in [6.45, 7) is 5.46. The van der Waals surface area contributed by atoms with Crippen LogP contribution in [0.1, 0.15) is 37.6 Å². The first-order chi connectivity index (χ1) is 16.4. The second kappa shape index (κ2) is 10.3. The Kier molecular flexibility index (Phi) is 7.62. The van der Waals surface area contributed by atoms with Crippen molar-refractivity contribution in [3.8, 4) is 5.75 Å². The first-order valence-corrected chi connectivity index (χ1v) is 11.2. The molecule has 0 saturated carbocycles. The van der Waals surface area contributed by atoms with Gasteiger partial charge >= 0.3 is 12.1 Å². The number of hydrogen-bond acceptors (Lipinski definition) is 7. The number of ether oxygens (including phenoxy) is 2. The van der Waals surface area contributed by atoms with Gasteiger partial charge in [0.05, 0.1) is 18.2 Å². The number of aliphatic imine (C=N–C) groups is 1. The average molecular weight is 500 g/mol. The lowest BCUT2D eigenvalue weighted by molar-refractivity contribution is -0.257. The maximum Gasteiger partial charge on any atom is 0.410 e. The molecule has 1 aliphatic heterocycles. The van der Waals surface area contributed by atoms with E-state index in [0.717, 1.165) is 0 Å². The molecule has 0 aliphatic carbocycles. The number of quaternary nitrogens is 1. The van der Waals surface area contributed by atoms with Gasteiger partial charge in [-0.2, -0.15) is 4.48 Å². The lowest BCUT2D eigenvalue weighted by atomic mass is 10.2. The fourth-order valence-electron chi connectivity index (χ4n) is 3.37. The molecule has 9 nitrogen and oxygen atoms in total. The molecule has 0 fully saturated rings. The molecule has 1 heterocycles. The molecular formula is C25H26ClN3O6. The van der Waals surface area contributed by atoms with Gasteiger partial charge < -0.3 is 24.3 Å². The predicted octanol–water partition coefficient (Wildman–Crippen LogP) is 4.35. The number of carboxylic acid groups (broad SMARTS) is 1. The molecule has 35 heavy (non-hydrogen) atoms. The van der Waals surface area contributed by atoms with E-state index in [1.54, 1.807) is 46.0 Å². The van der Waals surface area contributed by atoms with E-state index >= 15 is 0 Å². The molecule has 2 aromatic carbocycles. The smallest absolute Gasteiger partial charge is 0.410 e. The maximum atomic E-state index is 12.4. The molecule has 10 heteroatoms. The number of esters is 1. The van der Waals surface area contributed by atoms with Crippen LogP contribution in [0.3, 0.4) is 0 Å². The Hall–Kier alpha value is -3.69. The molecule has 184 valence electrons. The zero-order valence-corrected chi connectivity index (χ0v) is 20.6. The van der Waals surface area contributed by atoms with Crippen LogP contribution in [0.5, 0.6) is 5.75 Å². The molecule has 0 radical (unpaired) electrons. The molecule has 0 aromatic heterocycles. The van der Waals surface area contributed by atoms with Crippen LogP contribution >= 0.6 is 11.6 Å². The Labute approximate surface area is 208 Å². The van der Waals surface area contributed by atoms with Crippen molar-refractivity contribution in [2.24, 2.45) is 4.99 Å². The lowest BCUT2D eigenvalue weighted by Crippen LogP contribution is -2.59. The number of halogens is 1. The summed E-state index contributed by atoms with van der Waals surface area (Å²) in [5.41, 5.74) is -0.0496. The second-order valence-corrected chi connectivity index (χ2v) is 9.31. The van der Waals surface area contributed by atoms with Gasteiger partial charge in [-0.05, 0) is 51.1 Å². The third-order valence-electron chi connectivity index (χ3n) is 5.10. The van der Waals surface area contributed by atoms with E-state index in [4.69, 9.17) is 21.1 Å². The Balaban J connectivity index is 1.74. The molecule has 1 aliphatic rings. The zero-order valence-electron chi connectivity index (χ0n) is 19.9. The molecule has 2 aromatic rings. The van der Waals surface area contributed by atoms with Crippen LogP contribution in [-0.4, -0.2) is 48.1 Å². The minimum atomic E-state index is -1.42. The molecule has 0 bridgehead atoms. The molecule has 1 atom stereocenters. The van der Waals surface area contributed by atoms with Crippen LogP contribution in [0.15, 0.2) is 65.9 Å². The number of nitrogens with zero attached hydrogens (tertiary/aromatic N) is 3. The van der Waals surface area contributed by atoms with E-state index in [1.807, 2.05) is 0 Å². The van der Waals surface area contributed by atoms with Crippen molar-refractivity contribution in [1.29, 1.82) is 0 Å². The lowest BCUT2D eigenvalue weighted by Gasteiger charge is -2.32. The van der Waals surface area contributed by atoms with Crippen molar-refractivity contribution in [2.45, 2.75) is 32.8 Å². The highest BCUT2D eigenvalue weighted by molar-refractivity contribution is 6.30. The van der Waals surface area contributed by atoms with E-state index in [-0.39, 0.29) is 30.1 Å². The van der Waals surface area contributed by atoms with Gasteiger partial charge in [-0.3, -0.25) is 0 Å². The first kappa shape index (κ1) is 25.9. The maximum absolute atomic E-state index is 12.4. The van der Waals surface area contributed by atoms with Gasteiger partial charge in [-0.1, -0.05) is 17.7 Å². The highest BCUT2D eigenvalue weighted by atomic mass is 35.5. The Morgan fingerprint density at radius 2 is 1.80 bits per heavy atom. The molecule has 0 spiro atoms. The highest BCUT2D eigenvalue weighted by Gasteiger charge is 2.41. The van der Waals surface area contributed by atoms with E-state index in [2.05, 4.69) is 4.99 Å². The van der Waals surface area contributed by atoms with Crippen molar-refractivity contribution in [3.63, 3.8) is 0 Å². The van der Waals surface area contributed by atoms with Gasteiger partial charge in [0.2, 0.25) is 5.84 Å². The normalized spacial score (nSPS) is 17.0. The minimum Gasteiger partial charge on any atom is -0.497 e. The van der Waals surface area contributed by atoms with Crippen LogP contribution < -0.4 is 14.3 Å². The Morgan fingerprint density at radius 1 is 1.11 bits per heavy atom. The number of carbonyl (C=O) groups excluding carboxylic acids is 3. The molecular weight excluding hydrogens is 474 g/mol. The third kappa shape index (κ3) is 6.06. The van der Waals surface area contributed by atoms with Crippen molar-refractivity contribution in [3.05, 3.63) is 71.5 Å². The predicted molar refractivity (Wildman–Crippen MR) is 130 cm³/mol. The van der Waals surface area contributed by atoms with E-state index in [1.165, 1.54) is 47.6 Å². The van der Waals surface area contributed by atoms with E-state index < -0.39 is 28.2 Å². The molecule has 3 rings (SSSR count). The van der Waals surface area contributed by atoms with Crippen LogP contribution in [0.2, 0.25) is 5.02 Å². The quantitative estimate of drug-likeness (QED) is 0.332. The molecule has 1 unspecified atom stereocenters. The summed E-state index contributed by atoms with van der Waals surface area (Å²) in [4.78, 5) is 42.5. The van der Waals surface area contributed by atoms with Gasteiger partial charge in [0.25, 0.3) is 6.09 Å². The van der Waals surface area contributed by atoms with Crippen LogP contribution in [0, 0.1) is 0 Å². The number of rotatable bonds is 6. The Bertz CT molecular complexity index is 1190. The summed E-state index contributed by atoms with van der Waals surface area (Å²) in [6.07, 6.45) is 0.974. The average Bonchev–Trinajstić information content (AvgIpc) is 3.22. The van der Waals surface area contributed by atoms with Crippen LogP contribution in [0.4, 0.5) is 15.3 Å². The number of hydrogen-bond donors (Lipinski definition) is 0. The van der Waals surface area contributed by atoms with Gasteiger partial charge in [0.1, 0.15) is 23.2 Å². The van der Waals surface area contributed by atoms with Gasteiger partial charge in [0, 0.05) is 30.7 Å². The second-order valence-electron chi connectivity index (χ2n) is 8.88.